The number of hydrogen-bond acceptors (Lipinski definition) is 5. The number of halogens is 1. The van der Waals surface area contributed by atoms with Gasteiger partial charge >= 0.3 is 0 Å². The van der Waals surface area contributed by atoms with E-state index in [1.54, 1.807) is 12.1 Å². The predicted molar refractivity (Wildman–Crippen MR) is 113 cm³/mol. The number of sulfonamides is 1. The highest BCUT2D eigenvalue weighted by atomic mass is 32.2. The summed E-state index contributed by atoms with van der Waals surface area (Å²) in [7, 11) is -2.60. The normalized spacial score (nSPS) is 15.0. The van der Waals surface area contributed by atoms with Crippen molar-refractivity contribution < 1.29 is 27.1 Å². The fourth-order valence-corrected chi connectivity index (χ4v) is 4.30. The van der Waals surface area contributed by atoms with Crippen molar-refractivity contribution in [2.24, 2.45) is 0 Å². The van der Waals surface area contributed by atoms with Crippen molar-refractivity contribution in [1.29, 1.82) is 0 Å². The van der Waals surface area contributed by atoms with E-state index < -0.39 is 21.9 Å². The highest BCUT2D eigenvalue weighted by molar-refractivity contribution is 7.92. The fourth-order valence-electron chi connectivity index (χ4n) is 3.23. The molecular formula is C22H19FN2O5S. The molecule has 0 fully saturated rings. The summed E-state index contributed by atoms with van der Waals surface area (Å²) in [4.78, 5) is 12.5. The van der Waals surface area contributed by atoms with Crippen molar-refractivity contribution in [3.63, 3.8) is 0 Å². The van der Waals surface area contributed by atoms with Gasteiger partial charge in [0.05, 0.1) is 17.7 Å². The van der Waals surface area contributed by atoms with Gasteiger partial charge in [-0.05, 0) is 54.1 Å². The number of carbonyl (C=O) groups is 1. The Bertz CT molecular complexity index is 1200. The summed E-state index contributed by atoms with van der Waals surface area (Å²) >= 11 is 0. The van der Waals surface area contributed by atoms with E-state index in [4.69, 9.17) is 9.47 Å². The third-order valence-electron chi connectivity index (χ3n) is 4.77. The monoisotopic (exact) mass is 442 g/mol. The summed E-state index contributed by atoms with van der Waals surface area (Å²) in [5, 5.41) is 2.74. The van der Waals surface area contributed by atoms with Crippen LogP contribution in [0.2, 0.25) is 0 Å². The molecule has 0 spiro atoms. The molecule has 2 N–H and O–H groups in total. The standard InChI is InChI=1S/C22H19FN2O5S/c1-29-20-11-8-16(24-22(26)21-12-14-4-2-3-5-19(14)30-21)13-18(20)25-31(27,28)17-9-6-15(23)7-10-17/h2-11,13,21,25H,12H2,1H3,(H,24,26)/t21-/m0/s1. The van der Waals surface area contributed by atoms with E-state index >= 15 is 0 Å². The van der Waals surface area contributed by atoms with Crippen LogP contribution in [0.1, 0.15) is 5.56 Å². The number of anilines is 2. The molecule has 1 aliphatic heterocycles. The first-order valence-corrected chi connectivity index (χ1v) is 10.9. The quantitative estimate of drug-likeness (QED) is 0.609. The lowest BCUT2D eigenvalue weighted by molar-refractivity contribution is -0.122. The number of nitrogens with one attached hydrogen (secondary N) is 2. The second-order valence-corrected chi connectivity index (χ2v) is 8.56. The zero-order valence-electron chi connectivity index (χ0n) is 16.5. The van der Waals surface area contributed by atoms with E-state index in [1.165, 1.54) is 19.2 Å². The van der Waals surface area contributed by atoms with Crippen molar-refractivity contribution in [2.75, 3.05) is 17.1 Å². The fraction of sp³-hybridized carbons (Fsp3) is 0.136. The van der Waals surface area contributed by atoms with Crippen molar-refractivity contribution in [1.82, 2.24) is 0 Å². The van der Waals surface area contributed by atoms with Crippen LogP contribution in [-0.2, 0) is 21.2 Å². The lowest BCUT2D eigenvalue weighted by atomic mass is 10.1. The Balaban J connectivity index is 1.52. The predicted octanol–water partition coefficient (Wildman–Crippen LogP) is 3.58. The molecule has 3 aromatic rings. The molecule has 3 aromatic carbocycles. The number of fused-ring (bicyclic) bond motifs is 1. The Morgan fingerprint density at radius 3 is 2.55 bits per heavy atom. The minimum atomic E-state index is -3.99. The number of amides is 1. The summed E-state index contributed by atoms with van der Waals surface area (Å²) < 4.78 is 51.8. The zero-order chi connectivity index (χ0) is 22.0. The van der Waals surface area contributed by atoms with Crippen molar-refractivity contribution in [3.8, 4) is 11.5 Å². The van der Waals surface area contributed by atoms with Crippen molar-refractivity contribution >= 4 is 27.3 Å². The zero-order valence-corrected chi connectivity index (χ0v) is 17.3. The Labute approximate surface area is 178 Å². The number of para-hydroxylation sites is 1. The van der Waals surface area contributed by atoms with E-state index in [-0.39, 0.29) is 22.2 Å². The summed E-state index contributed by atoms with van der Waals surface area (Å²) in [6.45, 7) is 0. The highest BCUT2D eigenvalue weighted by Gasteiger charge is 2.29. The molecule has 31 heavy (non-hydrogen) atoms. The van der Waals surface area contributed by atoms with Crippen LogP contribution in [-0.4, -0.2) is 27.5 Å². The number of ether oxygens (including phenoxy) is 2. The van der Waals surface area contributed by atoms with Crippen LogP contribution in [0.25, 0.3) is 0 Å². The van der Waals surface area contributed by atoms with Gasteiger partial charge in [0.2, 0.25) is 0 Å². The van der Waals surface area contributed by atoms with Gasteiger partial charge in [0.25, 0.3) is 15.9 Å². The molecule has 1 amide bonds. The highest BCUT2D eigenvalue weighted by Crippen LogP contribution is 2.32. The second-order valence-electron chi connectivity index (χ2n) is 6.88. The van der Waals surface area contributed by atoms with Gasteiger partial charge in [0.15, 0.2) is 6.10 Å². The minimum absolute atomic E-state index is 0.109. The van der Waals surface area contributed by atoms with Gasteiger partial charge in [0, 0.05) is 12.1 Å². The van der Waals surface area contributed by atoms with Gasteiger partial charge in [0.1, 0.15) is 17.3 Å². The Kier molecular flexibility index (Phi) is 5.51. The maximum Gasteiger partial charge on any atom is 0.265 e. The molecular weight excluding hydrogens is 423 g/mol. The van der Waals surface area contributed by atoms with Crippen LogP contribution < -0.4 is 19.5 Å². The average Bonchev–Trinajstić information content (AvgIpc) is 3.18. The molecule has 0 aromatic heterocycles. The average molecular weight is 442 g/mol. The van der Waals surface area contributed by atoms with E-state index in [0.717, 1.165) is 29.8 Å². The molecule has 0 radical (unpaired) electrons. The van der Waals surface area contributed by atoms with Crippen LogP contribution in [0.15, 0.2) is 71.6 Å². The van der Waals surface area contributed by atoms with E-state index in [9.17, 15) is 17.6 Å². The first kappa shape index (κ1) is 20.7. The Morgan fingerprint density at radius 1 is 1.10 bits per heavy atom. The summed E-state index contributed by atoms with van der Waals surface area (Å²) in [5.74, 6) is 0.0320. The van der Waals surface area contributed by atoms with Crippen LogP contribution in [0.5, 0.6) is 11.5 Å². The molecule has 0 unspecified atom stereocenters. The van der Waals surface area contributed by atoms with Crippen LogP contribution in [0.3, 0.4) is 0 Å². The first-order chi connectivity index (χ1) is 14.9. The van der Waals surface area contributed by atoms with Crippen LogP contribution >= 0.6 is 0 Å². The number of carbonyl (C=O) groups excluding carboxylic acids is 1. The number of rotatable bonds is 6. The summed E-state index contributed by atoms with van der Waals surface area (Å²) in [6.07, 6.45) is -0.235. The van der Waals surface area contributed by atoms with E-state index in [2.05, 4.69) is 10.0 Å². The van der Waals surface area contributed by atoms with Gasteiger partial charge in [-0.1, -0.05) is 18.2 Å². The number of benzene rings is 3. The number of hydrogen-bond donors (Lipinski definition) is 2. The third kappa shape index (κ3) is 4.46. The molecule has 4 rings (SSSR count). The first-order valence-electron chi connectivity index (χ1n) is 9.37. The maximum atomic E-state index is 13.1. The molecule has 1 aliphatic rings. The largest absolute Gasteiger partial charge is 0.495 e. The SMILES string of the molecule is COc1ccc(NC(=O)[C@@H]2Cc3ccccc3O2)cc1NS(=O)(=O)c1ccc(F)cc1. The lowest BCUT2D eigenvalue weighted by Crippen LogP contribution is -2.31. The van der Waals surface area contributed by atoms with Crippen molar-refractivity contribution in [2.45, 2.75) is 17.4 Å². The Hall–Kier alpha value is -3.59. The van der Waals surface area contributed by atoms with Crippen molar-refractivity contribution in [3.05, 3.63) is 78.1 Å². The summed E-state index contributed by atoms with van der Waals surface area (Å²) in [5.41, 5.74) is 1.44. The molecule has 1 heterocycles. The Morgan fingerprint density at radius 2 is 1.84 bits per heavy atom. The molecule has 0 aliphatic carbocycles. The molecule has 7 nitrogen and oxygen atoms in total. The topological polar surface area (TPSA) is 93.7 Å². The molecule has 0 saturated heterocycles. The molecule has 0 bridgehead atoms. The van der Waals surface area contributed by atoms with Gasteiger partial charge < -0.3 is 14.8 Å². The molecule has 160 valence electrons. The van der Waals surface area contributed by atoms with Gasteiger partial charge in [-0.2, -0.15) is 0 Å². The van der Waals surface area contributed by atoms with Gasteiger partial charge in [-0.15, -0.1) is 0 Å². The number of methoxy groups -OCH3 is 1. The molecule has 0 saturated carbocycles. The second kappa shape index (κ2) is 8.27. The van der Waals surface area contributed by atoms with Crippen LogP contribution in [0.4, 0.5) is 15.8 Å². The third-order valence-corrected chi connectivity index (χ3v) is 6.16. The minimum Gasteiger partial charge on any atom is -0.495 e. The molecule has 1 atom stereocenters. The lowest BCUT2D eigenvalue weighted by Gasteiger charge is -2.15. The van der Waals surface area contributed by atoms with Crippen LogP contribution in [0, 0.1) is 5.82 Å². The summed E-state index contributed by atoms with van der Waals surface area (Å²) in [6, 6.07) is 16.4. The van der Waals surface area contributed by atoms with Gasteiger partial charge in [-0.3, -0.25) is 9.52 Å². The molecule has 9 heteroatoms. The maximum absolute atomic E-state index is 13.1. The smallest absolute Gasteiger partial charge is 0.265 e. The van der Waals surface area contributed by atoms with Gasteiger partial charge in [-0.25, -0.2) is 12.8 Å². The van der Waals surface area contributed by atoms with E-state index in [0.29, 0.717) is 17.9 Å². The van der Waals surface area contributed by atoms with E-state index in [1.807, 2.05) is 18.2 Å².